The predicted octanol–water partition coefficient (Wildman–Crippen LogP) is 3.48. The number of nitrogens with zero attached hydrogens (tertiary/aromatic N) is 1. The van der Waals surface area contributed by atoms with Crippen LogP contribution >= 0.6 is 15.9 Å². The standard InChI is InChI=1S/C16H20BrN3/c1-18-9-8-14-15(17)16(20-19-14)13-7-6-11-4-2-3-5-12(11)10-13/h6-7,10,18H,2-5,8-9H2,1H3,(H,19,20). The number of rotatable bonds is 4. The van der Waals surface area contributed by atoms with Gasteiger partial charge in [0.05, 0.1) is 10.2 Å². The fourth-order valence-electron chi connectivity index (χ4n) is 2.85. The monoisotopic (exact) mass is 333 g/mol. The molecule has 106 valence electrons. The van der Waals surface area contributed by atoms with E-state index in [0.29, 0.717) is 0 Å². The molecule has 0 fully saturated rings. The van der Waals surface area contributed by atoms with Crippen LogP contribution in [0.3, 0.4) is 0 Å². The van der Waals surface area contributed by atoms with E-state index in [2.05, 4.69) is 49.6 Å². The Balaban J connectivity index is 1.91. The second kappa shape index (κ2) is 6.10. The molecule has 0 spiro atoms. The van der Waals surface area contributed by atoms with Crippen molar-refractivity contribution in [2.45, 2.75) is 32.1 Å². The van der Waals surface area contributed by atoms with Gasteiger partial charge in [-0.3, -0.25) is 5.10 Å². The molecule has 1 aliphatic carbocycles. The lowest BCUT2D eigenvalue weighted by Gasteiger charge is -2.16. The van der Waals surface area contributed by atoms with E-state index in [1.54, 1.807) is 0 Å². The van der Waals surface area contributed by atoms with Crippen LogP contribution in [0.4, 0.5) is 0 Å². The van der Waals surface area contributed by atoms with Gasteiger partial charge in [-0.1, -0.05) is 12.1 Å². The van der Waals surface area contributed by atoms with E-state index < -0.39 is 0 Å². The average Bonchev–Trinajstić information content (AvgIpc) is 2.85. The molecule has 1 aliphatic rings. The van der Waals surface area contributed by atoms with Crippen LogP contribution in [0.25, 0.3) is 11.3 Å². The van der Waals surface area contributed by atoms with Gasteiger partial charge in [-0.05, 0) is 65.9 Å². The van der Waals surface area contributed by atoms with Gasteiger partial charge in [-0.2, -0.15) is 5.10 Å². The highest BCUT2D eigenvalue weighted by molar-refractivity contribution is 9.10. The maximum Gasteiger partial charge on any atom is 0.107 e. The van der Waals surface area contributed by atoms with Gasteiger partial charge in [0.2, 0.25) is 0 Å². The summed E-state index contributed by atoms with van der Waals surface area (Å²) in [6, 6.07) is 6.79. The number of hydrogen-bond acceptors (Lipinski definition) is 2. The van der Waals surface area contributed by atoms with Crippen molar-refractivity contribution in [2.24, 2.45) is 0 Å². The van der Waals surface area contributed by atoms with Crippen LogP contribution in [-0.2, 0) is 19.3 Å². The van der Waals surface area contributed by atoms with Crippen molar-refractivity contribution in [3.05, 3.63) is 39.5 Å². The highest BCUT2D eigenvalue weighted by Crippen LogP contribution is 2.32. The van der Waals surface area contributed by atoms with Crippen LogP contribution in [0.15, 0.2) is 22.7 Å². The van der Waals surface area contributed by atoms with Gasteiger partial charge in [0.1, 0.15) is 5.69 Å². The zero-order chi connectivity index (χ0) is 13.9. The Kier molecular flexibility index (Phi) is 4.22. The molecule has 4 heteroatoms. The summed E-state index contributed by atoms with van der Waals surface area (Å²) in [7, 11) is 1.97. The normalized spacial score (nSPS) is 14.3. The SMILES string of the molecule is CNCCc1[nH]nc(-c2ccc3c(c2)CCCC3)c1Br. The van der Waals surface area contributed by atoms with Crippen molar-refractivity contribution >= 4 is 15.9 Å². The van der Waals surface area contributed by atoms with Crippen molar-refractivity contribution in [2.75, 3.05) is 13.6 Å². The third-order valence-corrected chi connectivity index (χ3v) is 4.88. The number of likely N-dealkylation sites (N-methyl/N-ethyl adjacent to an activating group) is 1. The smallest absolute Gasteiger partial charge is 0.107 e. The lowest BCUT2D eigenvalue weighted by molar-refractivity contribution is 0.686. The van der Waals surface area contributed by atoms with Crippen LogP contribution in [0.1, 0.15) is 29.7 Å². The number of halogens is 1. The third kappa shape index (κ3) is 2.67. The fourth-order valence-corrected chi connectivity index (χ4v) is 3.46. The van der Waals surface area contributed by atoms with E-state index in [4.69, 9.17) is 0 Å². The fraction of sp³-hybridized carbons (Fsp3) is 0.438. The number of aryl methyl sites for hydroxylation is 2. The summed E-state index contributed by atoms with van der Waals surface area (Å²) < 4.78 is 1.10. The van der Waals surface area contributed by atoms with Gasteiger partial charge >= 0.3 is 0 Å². The first kappa shape index (κ1) is 13.8. The predicted molar refractivity (Wildman–Crippen MR) is 86.0 cm³/mol. The molecular weight excluding hydrogens is 314 g/mol. The zero-order valence-corrected chi connectivity index (χ0v) is 13.4. The Labute approximate surface area is 128 Å². The molecule has 0 radical (unpaired) electrons. The Morgan fingerprint density at radius 2 is 2.05 bits per heavy atom. The van der Waals surface area contributed by atoms with Gasteiger partial charge in [-0.25, -0.2) is 0 Å². The van der Waals surface area contributed by atoms with Gasteiger partial charge in [0.25, 0.3) is 0 Å². The molecule has 3 nitrogen and oxygen atoms in total. The molecule has 0 atom stereocenters. The molecular formula is C16H20BrN3. The highest BCUT2D eigenvalue weighted by Gasteiger charge is 2.15. The van der Waals surface area contributed by atoms with E-state index in [9.17, 15) is 0 Å². The van der Waals surface area contributed by atoms with E-state index in [0.717, 1.165) is 28.8 Å². The summed E-state index contributed by atoms with van der Waals surface area (Å²) in [6.07, 6.45) is 6.02. The summed E-state index contributed by atoms with van der Waals surface area (Å²) in [5.74, 6) is 0. The Bertz CT molecular complexity index is 604. The summed E-state index contributed by atoms with van der Waals surface area (Å²) >= 11 is 3.69. The van der Waals surface area contributed by atoms with Crippen LogP contribution < -0.4 is 5.32 Å². The largest absolute Gasteiger partial charge is 0.319 e. The average molecular weight is 334 g/mol. The number of benzene rings is 1. The first-order valence-corrected chi connectivity index (χ1v) is 8.08. The maximum atomic E-state index is 4.49. The number of aromatic nitrogens is 2. The second-order valence-corrected chi connectivity index (χ2v) is 6.20. The van der Waals surface area contributed by atoms with Crippen molar-refractivity contribution < 1.29 is 0 Å². The summed E-state index contributed by atoms with van der Waals surface area (Å²) in [5.41, 5.74) is 6.42. The van der Waals surface area contributed by atoms with Crippen molar-refractivity contribution in [3.63, 3.8) is 0 Å². The number of aromatic amines is 1. The van der Waals surface area contributed by atoms with Crippen LogP contribution in [0.5, 0.6) is 0 Å². The Hall–Kier alpha value is -1.13. The molecule has 0 bridgehead atoms. The molecule has 0 amide bonds. The molecule has 2 aromatic rings. The molecule has 0 unspecified atom stereocenters. The molecule has 20 heavy (non-hydrogen) atoms. The third-order valence-electron chi connectivity index (χ3n) is 4.02. The van der Waals surface area contributed by atoms with Crippen LogP contribution in [0, 0.1) is 0 Å². The minimum atomic E-state index is 0.949. The number of hydrogen-bond donors (Lipinski definition) is 2. The Morgan fingerprint density at radius 1 is 1.25 bits per heavy atom. The van der Waals surface area contributed by atoms with E-state index in [1.165, 1.54) is 42.4 Å². The first-order valence-electron chi connectivity index (χ1n) is 7.29. The molecule has 1 heterocycles. The summed E-state index contributed by atoms with van der Waals surface area (Å²) in [4.78, 5) is 0. The molecule has 0 saturated carbocycles. The van der Waals surface area contributed by atoms with Crippen molar-refractivity contribution in [1.82, 2.24) is 15.5 Å². The topological polar surface area (TPSA) is 40.7 Å². The Morgan fingerprint density at radius 3 is 2.85 bits per heavy atom. The molecule has 0 aliphatic heterocycles. The number of nitrogens with one attached hydrogen (secondary N) is 2. The zero-order valence-electron chi connectivity index (χ0n) is 11.8. The van der Waals surface area contributed by atoms with Gasteiger partial charge in [0.15, 0.2) is 0 Å². The minimum absolute atomic E-state index is 0.949. The van der Waals surface area contributed by atoms with E-state index >= 15 is 0 Å². The van der Waals surface area contributed by atoms with Crippen molar-refractivity contribution in [3.8, 4) is 11.3 Å². The highest BCUT2D eigenvalue weighted by atomic mass is 79.9. The second-order valence-electron chi connectivity index (χ2n) is 5.41. The molecule has 0 saturated heterocycles. The quantitative estimate of drug-likeness (QED) is 0.899. The maximum absolute atomic E-state index is 4.49. The summed E-state index contributed by atoms with van der Waals surface area (Å²) in [6.45, 7) is 0.949. The van der Waals surface area contributed by atoms with E-state index in [-0.39, 0.29) is 0 Å². The van der Waals surface area contributed by atoms with E-state index in [1.807, 2.05) is 7.05 Å². The van der Waals surface area contributed by atoms with Gasteiger partial charge in [0, 0.05) is 18.5 Å². The van der Waals surface area contributed by atoms with Crippen LogP contribution in [0.2, 0.25) is 0 Å². The lowest BCUT2D eigenvalue weighted by Crippen LogP contribution is -2.10. The molecule has 3 rings (SSSR count). The molecule has 2 N–H and O–H groups in total. The first-order chi connectivity index (χ1) is 9.79. The lowest BCUT2D eigenvalue weighted by atomic mass is 9.90. The molecule has 1 aromatic heterocycles. The molecule has 1 aromatic carbocycles. The number of fused-ring (bicyclic) bond motifs is 1. The van der Waals surface area contributed by atoms with Crippen LogP contribution in [-0.4, -0.2) is 23.8 Å². The number of H-pyrrole nitrogens is 1. The summed E-state index contributed by atoms with van der Waals surface area (Å²) in [5, 5.41) is 10.8. The van der Waals surface area contributed by atoms with Gasteiger partial charge in [-0.15, -0.1) is 0 Å². The minimum Gasteiger partial charge on any atom is -0.319 e. The van der Waals surface area contributed by atoms with Crippen molar-refractivity contribution in [1.29, 1.82) is 0 Å². The van der Waals surface area contributed by atoms with Gasteiger partial charge < -0.3 is 5.32 Å².